The fraction of sp³-hybridized carbons (Fsp3) is 0.375. The quantitative estimate of drug-likeness (QED) is 0.612. The van der Waals surface area contributed by atoms with Crippen LogP contribution in [-0.4, -0.2) is 4.98 Å². The van der Waals surface area contributed by atoms with Gasteiger partial charge in [0.1, 0.15) is 5.82 Å². The van der Waals surface area contributed by atoms with Crippen molar-refractivity contribution in [2.75, 3.05) is 0 Å². The van der Waals surface area contributed by atoms with Gasteiger partial charge in [0.15, 0.2) is 0 Å². The molecule has 1 rings (SSSR count). The first-order valence-corrected chi connectivity index (χ1v) is 3.43. The van der Waals surface area contributed by atoms with Gasteiger partial charge in [0.05, 0.1) is 0 Å². The summed E-state index contributed by atoms with van der Waals surface area (Å²) < 4.78 is 12.7. The number of rotatable bonds is 2. The van der Waals surface area contributed by atoms with Gasteiger partial charge in [0.2, 0.25) is 0 Å². The summed E-state index contributed by atoms with van der Waals surface area (Å²) in [5.74, 6) is -0.142. The zero-order valence-electron chi connectivity index (χ0n) is 5.97. The smallest absolute Gasteiger partial charge is 0.129 e. The van der Waals surface area contributed by atoms with Crippen LogP contribution in [0.15, 0.2) is 18.5 Å². The standard InChI is InChI=1S/C8H10FN/c1-2-3-7-6-10-5-4-8(7)9/h4-6H,2-3H2,1H3. The van der Waals surface area contributed by atoms with Crippen molar-refractivity contribution in [3.63, 3.8) is 0 Å². The molecule has 0 unspecified atom stereocenters. The average Bonchev–Trinajstić information content (AvgIpc) is 1.94. The number of hydrogen-bond donors (Lipinski definition) is 0. The molecule has 0 radical (unpaired) electrons. The lowest BCUT2D eigenvalue weighted by Crippen LogP contribution is -1.89. The Hall–Kier alpha value is -0.920. The summed E-state index contributed by atoms with van der Waals surface area (Å²) in [7, 11) is 0. The molecule has 54 valence electrons. The maximum absolute atomic E-state index is 12.7. The molecule has 1 nitrogen and oxygen atoms in total. The summed E-state index contributed by atoms with van der Waals surface area (Å²) in [5, 5.41) is 0. The van der Waals surface area contributed by atoms with Crippen molar-refractivity contribution in [2.24, 2.45) is 0 Å². The Morgan fingerprint density at radius 3 is 3.00 bits per heavy atom. The van der Waals surface area contributed by atoms with Crippen LogP contribution in [0.2, 0.25) is 0 Å². The van der Waals surface area contributed by atoms with Crippen LogP contribution in [0.25, 0.3) is 0 Å². The molecule has 1 aromatic rings. The number of halogens is 1. The minimum Gasteiger partial charge on any atom is -0.264 e. The van der Waals surface area contributed by atoms with Crippen molar-refractivity contribution >= 4 is 0 Å². The monoisotopic (exact) mass is 139 g/mol. The largest absolute Gasteiger partial charge is 0.264 e. The molecule has 1 heterocycles. The Labute approximate surface area is 59.9 Å². The molecule has 0 aromatic carbocycles. The average molecular weight is 139 g/mol. The summed E-state index contributed by atoms with van der Waals surface area (Å²) in [6.45, 7) is 2.02. The van der Waals surface area contributed by atoms with Gasteiger partial charge in [0, 0.05) is 18.0 Å². The molecule has 0 aliphatic carbocycles. The van der Waals surface area contributed by atoms with Crippen molar-refractivity contribution in [3.8, 4) is 0 Å². The lowest BCUT2D eigenvalue weighted by molar-refractivity contribution is 0.604. The van der Waals surface area contributed by atoms with E-state index in [1.165, 1.54) is 12.3 Å². The third kappa shape index (κ3) is 1.53. The van der Waals surface area contributed by atoms with E-state index < -0.39 is 0 Å². The summed E-state index contributed by atoms with van der Waals surface area (Å²) in [6.07, 6.45) is 4.79. The molecular weight excluding hydrogens is 129 g/mol. The molecule has 0 fully saturated rings. The maximum atomic E-state index is 12.7. The lowest BCUT2D eigenvalue weighted by Gasteiger charge is -1.96. The van der Waals surface area contributed by atoms with Gasteiger partial charge in [-0.15, -0.1) is 0 Å². The van der Waals surface area contributed by atoms with Gasteiger partial charge in [-0.2, -0.15) is 0 Å². The Morgan fingerprint density at radius 1 is 1.60 bits per heavy atom. The van der Waals surface area contributed by atoms with E-state index in [2.05, 4.69) is 4.98 Å². The highest BCUT2D eigenvalue weighted by Crippen LogP contribution is 2.05. The second kappa shape index (κ2) is 3.30. The van der Waals surface area contributed by atoms with E-state index in [4.69, 9.17) is 0 Å². The molecule has 0 aliphatic rings. The molecule has 10 heavy (non-hydrogen) atoms. The number of pyridine rings is 1. The zero-order valence-corrected chi connectivity index (χ0v) is 5.97. The van der Waals surface area contributed by atoms with Crippen molar-refractivity contribution < 1.29 is 4.39 Å². The minimum absolute atomic E-state index is 0.142. The van der Waals surface area contributed by atoms with Crippen LogP contribution in [0.4, 0.5) is 4.39 Å². The first-order chi connectivity index (χ1) is 4.84. The van der Waals surface area contributed by atoms with Gasteiger partial charge in [-0.05, 0) is 12.5 Å². The molecule has 2 heteroatoms. The molecule has 0 amide bonds. The number of aryl methyl sites for hydroxylation is 1. The molecule has 0 atom stereocenters. The van der Waals surface area contributed by atoms with Gasteiger partial charge >= 0.3 is 0 Å². The van der Waals surface area contributed by atoms with E-state index in [1.807, 2.05) is 6.92 Å². The fourth-order valence-corrected chi connectivity index (χ4v) is 0.863. The van der Waals surface area contributed by atoms with Gasteiger partial charge in [0.25, 0.3) is 0 Å². The second-order valence-corrected chi connectivity index (χ2v) is 2.22. The van der Waals surface area contributed by atoms with Crippen LogP contribution in [0.3, 0.4) is 0 Å². The van der Waals surface area contributed by atoms with E-state index in [9.17, 15) is 4.39 Å². The number of hydrogen-bond acceptors (Lipinski definition) is 1. The van der Waals surface area contributed by atoms with Crippen molar-refractivity contribution in [1.29, 1.82) is 0 Å². The first kappa shape index (κ1) is 7.19. The van der Waals surface area contributed by atoms with Gasteiger partial charge < -0.3 is 0 Å². The first-order valence-electron chi connectivity index (χ1n) is 3.43. The van der Waals surface area contributed by atoms with Crippen LogP contribution in [0, 0.1) is 5.82 Å². The van der Waals surface area contributed by atoms with Gasteiger partial charge in [-0.3, -0.25) is 4.98 Å². The molecule has 0 bridgehead atoms. The molecule has 0 N–H and O–H groups in total. The molecule has 0 saturated heterocycles. The zero-order chi connectivity index (χ0) is 7.40. The van der Waals surface area contributed by atoms with E-state index in [0.717, 1.165) is 12.8 Å². The Kier molecular flexibility index (Phi) is 2.37. The molecule has 0 spiro atoms. The van der Waals surface area contributed by atoms with Crippen molar-refractivity contribution in [2.45, 2.75) is 19.8 Å². The molecule has 0 aliphatic heterocycles. The van der Waals surface area contributed by atoms with Crippen LogP contribution in [0.1, 0.15) is 18.9 Å². The van der Waals surface area contributed by atoms with E-state index in [-0.39, 0.29) is 5.82 Å². The third-order valence-corrected chi connectivity index (χ3v) is 1.36. The topological polar surface area (TPSA) is 12.9 Å². The second-order valence-electron chi connectivity index (χ2n) is 2.22. The Balaban J connectivity index is 2.81. The van der Waals surface area contributed by atoms with E-state index in [1.54, 1.807) is 6.20 Å². The molecule has 0 saturated carbocycles. The molecule has 1 aromatic heterocycles. The van der Waals surface area contributed by atoms with E-state index in [0.29, 0.717) is 5.56 Å². The highest BCUT2D eigenvalue weighted by molar-refractivity contribution is 5.11. The maximum Gasteiger partial charge on any atom is 0.129 e. The number of nitrogens with zero attached hydrogens (tertiary/aromatic N) is 1. The Morgan fingerprint density at radius 2 is 2.40 bits per heavy atom. The highest BCUT2D eigenvalue weighted by atomic mass is 19.1. The van der Waals surface area contributed by atoms with Crippen LogP contribution in [0.5, 0.6) is 0 Å². The van der Waals surface area contributed by atoms with E-state index >= 15 is 0 Å². The van der Waals surface area contributed by atoms with Crippen LogP contribution in [-0.2, 0) is 6.42 Å². The predicted octanol–water partition coefficient (Wildman–Crippen LogP) is 2.17. The van der Waals surface area contributed by atoms with Crippen LogP contribution >= 0.6 is 0 Å². The number of aromatic nitrogens is 1. The highest BCUT2D eigenvalue weighted by Gasteiger charge is 1.97. The van der Waals surface area contributed by atoms with Crippen LogP contribution < -0.4 is 0 Å². The van der Waals surface area contributed by atoms with Gasteiger partial charge in [-0.1, -0.05) is 13.3 Å². The summed E-state index contributed by atoms with van der Waals surface area (Å²) in [5.41, 5.74) is 0.713. The SMILES string of the molecule is CCCc1cnccc1F. The fourth-order valence-electron chi connectivity index (χ4n) is 0.863. The van der Waals surface area contributed by atoms with Crippen molar-refractivity contribution in [3.05, 3.63) is 29.8 Å². The van der Waals surface area contributed by atoms with Crippen molar-refractivity contribution in [1.82, 2.24) is 4.98 Å². The molecular formula is C8H10FN. The lowest BCUT2D eigenvalue weighted by atomic mass is 10.2. The van der Waals surface area contributed by atoms with Gasteiger partial charge in [-0.25, -0.2) is 4.39 Å². The summed E-state index contributed by atoms with van der Waals surface area (Å²) >= 11 is 0. The normalized spacial score (nSPS) is 9.80. The summed E-state index contributed by atoms with van der Waals surface area (Å²) in [6, 6.07) is 1.39. The minimum atomic E-state index is -0.142. The Bertz CT molecular complexity index is 210. The summed E-state index contributed by atoms with van der Waals surface area (Å²) in [4.78, 5) is 3.82. The predicted molar refractivity (Wildman–Crippen MR) is 38.2 cm³/mol. The third-order valence-electron chi connectivity index (χ3n) is 1.36.